The van der Waals surface area contributed by atoms with Crippen molar-refractivity contribution in [3.63, 3.8) is 0 Å². The molecule has 4 saturated heterocycles. The maximum atomic E-state index is 13.7. The fraction of sp³-hybridized carbons (Fsp3) is 0.350. The van der Waals surface area contributed by atoms with Crippen molar-refractivity contribution >= 4 is 123 Å². The van der Waals surface area contributed by atoms with E-state index >= 15 is 0 Å². The van der Waals surface area contributed by atoms with Crippen LogP contribution in [-0.2, 0) is 58.5 Å². The van der Waals surface area contributed by atoms with Gasteiger partial charge in [0.2, 0.25) is 0 Å². The van der Waals surface area contributed by atoms with Gasteiger partial charge in [0.05, 0.1) is 117 Å². The smallest absolute Gasteiger partial charge is 0.339 e. The van der Waals surface area contributed by atoms with E-state index in [1.807, 2.05) is 197 Å². The highest BCUT2D eigenvalue weighted by atomic mass is 16.6. The van der Waals surface area contributed by atoms with Gasteiger partial charge in [-0.1, -0.05) is 281 Å². The van der Waals surface area contributed by atoms with Gasteiger partial charge in [-0.25, -0.2) is 4.79 Å². The van der Waals surface area contributed by atoms with Crippen LogP contribution < -0.4 is 21.3 Å². The molecule has 32 rings (SSSR count). The van der Waals surface area contributed by atoms with Crippen LogP contribution in [0.4, 0.5) is 0 Å². The van der Waals surface area contributed by atoms with Crippen LogP contribution >= 0.6 is 0 Å². The van der Waals surface area contributed by atoms with Gasteiger partial charge in [0.1, 0.15) is 29.9 Å². The highest BCUT2D eigenvalue weighted by molar-refractivity contribution is 6.34. The fourth-order valence-electron chi connectivity index (χ4n) is 26.9. The number of imide groups is 1. The van der Waals surface area contributed by atoms with E-state index in [1.54, 1.807) is 0 Å². The zero-order valence-corrected chi connectivity index (χ0v) is 83.9. The molecule has 728 valence electrons. The van der Waals surface area contributed by atoms with Gasteiger partial charge >= 0.3 is 5.97 Å². The molecule has 8 bridgehead atoms. The first-order chi connectivity index (χ1) is 69.8. The van der Waals surface area contributed by atoms with Crippen molar-refractivity contribution in [2.45, 2.75) is 248 Å². The second kappa shape index (κ2) is 36.5. The molecule has 12 aromatic carbocycles. The monoisotopic (exact) mass is 1900 g/mol. The number of fused-ring (bicyclic) bond motifs is 52. The number of amides is 5. The Bertz CT molecular complexity index is 7990. The number of carbonyl (C=O) groups is 6. The third kappa shape index (κ3) is 12.4. The molecule has 16 aliphatic rings. The molecule has 16 heterocycles. The van der Waals surface area contributed by atoms with E-state index < -0.39 is 28.8 Å². The largest absolute Gasteiger partial charge is 0.464 e. The van der Waals surface area contributed by atoms with Crippen molar-refractivity contribution in [3.8, 4) is 44.5 Å². The third-order valence-corrected chi connectivity index (χ3v) is 31.2. The summed E-state index contributed by atoms with van der Waals surface area (Å²) in [5.74, 6) is -1.43. The van der Waals surface area contributed by atoms with Gasteiger partial charge in [-0.05, 0) is 148 Å². The van der Waals surface area contributed by atoms with Gasteiger partial charge in [0.25, 0.3) is 29.5 Å². The average molecular weight is 1900 g/mol. The van der Waals surface area contributed by atoms with Crippen molar-refractivity contribution in [3.05, 3.63) is 283 Å². The highest BCUT2D eigenvalue weighted by Gasteiger charge is 2.63. The van der Waals surface area contributed by atoms with E-state index in [1.165, 1.54) is 54.8 Å². The van der Waals surface area contributed by atoms with Crippen LogP contribution in [0.3, 0.4) is 0 Å². The molecule has 0 saturated carbocycles. The number of nitrogens with zero attached hydrogens (tertiary/aromatic N) is 4. The van der Waals surface area contributed by atoms with E-state index in [0.717, 1.165) is 169 Å². The Labute approximate surface area is 826 Å². The number of aliphatic hydroxyl groups is 2. The second-order valence-corrected chi connectivity index (χ2v) is 36.5. The third-order valence-electron chi connectivity index (χ3n) is 31.2. The lowest BCUT2D eigenvalue weighted by molar-refractivity contribution is -0.175. The number of ether oxygens (including phenoxy) is 6. The van der Waals surface area contributed by atoms with Gasteiger partial charge in [0, 0.05) is 102 Å². The summed E-state index contributed by atoms with van der Waals surface area (Å²) < 4.78 is 47.6. The van der Waals surface area contributed by atoms with Crippen LogP contribution in [0, 0.1) is 0 Å². The van der Waals surface area contributed by atoms with Crippen LogP contribution in [0.5, 0.6) is 0 Å². The minimum Gasteiger partial charge on any atom is -0.464 e. The molecule has 4 aliphatic carbocycles. The quantitative estimate of drug-likeness (QED) is 0.0710. The number of nitrogens with one attached hydrogen (secondary N) is 4. The summed E-state index contributed by atoms with van der Waals surface area (Å²) in [5, 5.41) is 43.4. The summed E-state index contributed by atoms with van der Waals surface area (Å²) in [6.45, 7) is 36.8. The number of hydrogen-bond donors (Lipinski definition) is 6. The van der Waals surface area contributed by atoms with Crippen LogP contribution in [0.25, 0.3) is 132 Å². The maximum Gasteiger partial charge on any atom is 0.339 e. The van der Waals surface area contributed by atoms with Crippen LogP contribution in [0.2, 0.25) is 0 Å². The first-order valence-corrected chi connectivity index (χ1v) is 52.1. The molecule has 0 radical (unpaired) electrons. The number of rotatable bonds is 3. The lowest BCUT2D eigenvalue weighted by atomic mass is 9.77. The fourth-order valence-corrected chi connectivity index (χ4v) is 26.9. The number of benzene rings is 12. The lowest BCUT2D eigenvalue weighted by Crippen LogP contribution is -2.45. The van der Waals surface area contributed by atoms with Crippen molar-refractivity contribution < 1.29 is 67.4 Å². The van der Waals surface area contributed by atoms with E-state index in [9.17, 15) is 39.0 Å². The number of para-hydroxylation sites is 4. The van der Waals surface area contributed by atoms with E-state index in [4.69, 9.17) is 28.4 Å². The first-order valence-electron chi connectivity index (χ1n) is 52.1. The molecular weight excluding hydrogens is 1780 g/mol. The molecule has 0 spiro atoms. The van der Waals surface area contributed by atoms with Crippen molar-refractivity contribution in [1.29, 1.82) is 0 Å². The molecule has 12 aliphatic heterocycles. The molecule has 16 aromatic rings. The molecule has 6 N–H and O–H groups in total. The highest BCUT2D eigenvalue weighted by Crippen LogP contribution is 2.68. The van der Waals surface area contributed by atoms with Crippen molar-refractivity contribution in [1.82, 2.24) is 39.5 Å². The van der Waals surface area contributed by atoms with E-state index in [2.05, 4.69) is 155 Å². The maximum absolute atomic E-state index is 13.7. The predicted molar refractivity (Wildman–Crippen MR) is 560 cm³/mol. The Morgan fingerprint density at radius 3 is 1.33 bits per heavy atom. The first kappa shape index (κ1) is 94.8. The zero-order valence-electron chi connectivity index (χ0n) is 83.9. The van der Waals surface area contributed by atoms with Crippen LogP contribution in [-0.4, -0.2) is 114 Å². The predicted octanol–water partition coefficient (Wildman–Crippen LogP) is 24.9. The van der Waals surface area contributed by atoms with Crippen molar-refractivity contribution in [2.24, 2.45) is 0 Å². The number of aromatic nitrogens is 4. The molecule has 22 heteroatoms. The summed E-state index contributed by atoms with van der Waals surface area (Å²) in [5.41, 5.74) is 28.2. The summed E-state index contributed by atoms with van der Waals surface area (Å²) >= 11 is 0. The number of aliphatic hydroxyl groups excluding tert-OH is 1. The van der Waals surface area contributed by atoms with E-state index in [0.29, 0.717) is 74.6 Å². The van der Waals surface area contributed by atoms with Gasteiger partial charge in [-0.2, -0.15) is 0 Å². The summed E-state index contributed by atoms with van der Waals surface area (Å²) in [7, 11) is 0. The van der Waals surface area contributed by atoms with Gasteiger partial charge < -0.3 is 72.9 Å². The summed E-state index contributed by atoms with van der Waals surface area (Å²) in [6, 6.07) is 65.9. The molecule has 4 fully saturated rings. The van der Waals surface area contributed by atoms with Gasteiger partial charge in [-0.3, -0.25) is 29.3 Å². The second-order valence-electron chi connectivity index (χ2n) is 36.5. The van der Waals surface area contributed by atoms with Crippen LogP contribution in [0.15, 0.2) is 194 Å². The Morgan fingerprint density at radius 1 is 0.394 bits per heavy atom. The molecule has 5 amide bonds. The number of hydrogen-bond acceptors (Lipinski definition) is 14. The Hall–Kier alpha value is -13.4. The molecule has 22 nitrogen and oxygen atoms in total. The average Bonchev–Trinajstić information content (AvgIpc) is 1.49. The Balaban J connectivity index is 0.000000107. The Kier molecular flexibility index (Phi) is 24.4. The lowest BCUT2D eigenvalue weighted by Gasteiger charge is -2.33. The number of carbonyl (C=O) groups excluding carboxylic acids is 6. The molecule has 12 unspecified atom stereocenters. The molecule has 4 aromatic heterocycles. The minimum atomic E-state index is -1.37. The molecular formula is C120H124N8O14. The normalized spacial score (nSPS) is 23.5. The SMILES string of the molecule is CC.CC.CC.CC.CC.CC.CC.CC.CCOC(=O)C12CCC(O1)n1c3ccccc3c3c4c(c5c(c31)C2c1ccccc1-5)C(=O)NC4.O=C1NC(=O)c2c1c1c3c4c2c2ccccc2n4C2CCC(O2)C3(O)c2ccccc2-1.O=C1NCc2c1c1c3c4c2c2ccccc2n4C2CCC(CO)(O2)C3c2ccccc2-1.O=C1NCc2c1c1c3c4c2c2ccccc2n4C2COCC(O2)C3c2ccccc2-1. The van der Waals surface area contributed by atoms with Crippen molar-refractivity contribution in [2.75, 3.05) is 26.4 Å². The van der Waals surface area contributed by atoms with Gasteiger partial charge in [-0.15, -0.1) is 0 Å². The molecule has 12 atom stereocenters. The van der Waals surface area contributed by atoms with Crippen LogP contribution in [0.1, 0.15) is 312 Å². The van der Waals surface area contributed by atoms with E-state index in [-0.39, 0.29) is 85.0 Å². The summed E-state index contributed by atoms with van der Waals surface area (Å²) in [6.07, 6.45) is 3.23. The van der Waals surface area contributed by atoms with Gasteiger partial charge in [0.15, 0.2) is 11.8 Å². The zero-order chi connectivity index (χ0) is 99.5. The minimum absolute atomic E-state index is 0.00353. The standard InChI is InChI=1S/C28H22N2O4.C26H20N2O3.C25H16N2O4.C25H18N2O3.8C2H6/c1-2-33-27(32)28-12-11-19(34-28)30-18-10-6-5-9-16(18)20-17-13-29-26(31)22(17)21-14-7-3-4-8-15(14)24(28)23(21)25(20)30;29-12-26-10-9-18(31-26)28-17-8-4-3-7-15(17)19-16-11-27-25(30)21(16)20-13-5-1-2-6-14(13)23(26)22(20)24(19)28;28-23-19-17-11-5-1-3-7-13(11)25(30)15-9-10-16(31-15)27-14-8-4-2-6-12(14)18(22(27)21(17)25)20(19)24(29)26-23;28-25-22-15(9-26-25)19-14-7-3-4-8-16(14)27-18-11-29-10-17(30-18)20-12-5-1-2-6-13(12)21(22)23(20)24(19)27;8*1-2/h3-10,19,24H,2,11-13H2,1H3,(H,29,31);1-8,18,23,29H,9-12H2,(H,27,30);1-8,15-16,30H,9-10H2,(H,26,28,29);1-8,17-18,20H,9-11H2,(H,26,28);8*1-2H3. The topological polar surface area (TPSA) is 266 Å². The molecule has 142 heavy (non-hydrogen) atoms. The summed E-state index contributed by atoms with van der Waals surface area (Å²) in [4.78, 5) is 79.2. The number of esters is 1. The Morgan fingerprint density at radius 2 is 0.810 bits per heavy atom.